The van der Waals surface area contributed by atoms with Crippen molar-refractivity contribution in [3.63, 3.8) is 0 Å². The zero-order valence-corrected chi connectivity index (χ0v) is 17.2. The predicted octanol–water partition coefficient (Wildman–Crippen LogP) is 1.86. The van der Waals surface area contributed by atoms with Gasteiger partial charge in [-0.15, -0.1) is 11.8 Å². The lowest BCUT2D eigenvalue weighted by Crippen LogP contribution is -2.49. The van der Waals surface area contributed by atoms with Gasteiger partial charge in [0, 0.05) is 25.4 Å². The maximum absolute atomic E-state index is 12.5. The number of hydrogen-bond donors (Lipinski definition) is 1. The maximum atomic E-state index is 12.5. The van der Waals surface area contributed by atoms with E-state index < -0.39 is 10.0 Å². The van der Waals surface area contributed by atoms with Gasteiger partial charge in [0.2, 0.25) is 15.9 Å². The number of sulfonamides is 1. The third-order valence-corrected chi connectivity index (χ3v) is 7.17. The third-order valence-electron chi connectivity index (χ3n) is 4.15. The number of ether oxygens (including phenoxy) is 1. The molecule has 1 saturated heterocycles. The van der Waals surface area contributed by atoms with E-state index in [2.05, 4.69) is 5.32 Å². The van der Waals surface area contributed by atoms with Crippen molar-refractivity contribution < 1.29 is 17.9 Å². The van der Waals surface area contributed by atoms with Crippen LogP contribution < -0.4 is 5.32 Å². The highest BCUT2D eigenvalue weighted by atomic mass is 32.2. The van der Waals surface area contributed by atoms with E-state index in [1.54, 1.807) is 0 Å². The standard InChI is InChI=1S/C18H28N2O4S2/c1-14-11-20(12-15(2)24-14)26(22,23)10-9-19-18(21)16(3)25-13-17-7-5-4-6-8-17/h4-8,14-16H,9-13H2,1-3H3,(H,19,21)/t14-,15-,16-/m1/s1. The molecule has 0 radical (unpaired) electrons. The van der Waals surface area contributed by atoms with Crippen molar-refractivity contribution in [2.75, 3.05) is 25.4 Å². The molecule has 1 aliphatic rings. The minimum absolute atomic E-state index is 0.0890. The van der Waals surface area contributed by atoms with Gasteiger partial charge in [-0.1, -0.05) is 30.3 Å². The fourth-order valence-corrected chi connectivity index (χ4v) is 5.17. The second-order valence-corrected chi connectivity index (χ2v) is 10.0. The number of amides is 1. The molecule has 0 bridgehead atoms. The molecular formula is C18H28N2O4S2. The van der Waals surface area contributed by atoms with E-state index in [0.717, 1.165) is 11.3 Å². The van der Waals surface area contributed by atoms with Crippen LogP contribution in [0.2, 0.25) is 0 Å². The van der Waals surface area contributed by atoms with Gasteiger partial charge in [-0.3, -0.25) is 4.79 Å². The van der Waals surface area contributed by atoms with Crippen molar-refractivity contribution in [2.45, 2.75) is 44.0 Å². The van der Waals surface area contributed by atoms with Crippen LogP contribution in [0.3, 0.4) is 0 Å². The molecule has 1 aromatic rings. The number of rotatable bonds is 8. The van der Waals surface area contributed by atoms with Gasteiger partial charge in [0.25, 0.3) is 0 Å². The van der Waals surface area contributed by atoms with E-state index in [1.807, 2.05) is 51.1 Å². The van der Waals surface area contributed by atoms with E-state index in [-0.39, 0.29) is 35.7 Å². The van der Waals surface area contributed by atoms with Crippen LogP contribution in [-0.4, -0.2) is 61.5 Å². The van der Waals surface area contributed by atoms with Gasteiger partial charge in [-0.2, -0.15) is 4.31 Å². The summed E-state index contributed by atoms with van der Waals surface area (Å²) in [4.78, 5) is 12.2. The summed E-state index contributed by atoms with van der Waals surface area (Å²) < 4.78 is 31.9. The number of thioether (sulfide) groups is 1. The zero-order chi connectivity index (χ0) is 19.2. The third kappa shape index (κ3) is 6.57. The molecule has 0 spiro atoms. The van der Waals surface area contributed by atoms with Crippen molar-refractivity contribution >= 4 is 27.7 Å². The summed E-state index contributed by atoms with van der Waals surface area (Å²) in [7, 11) is -3.39. The SMILES string of the molecule is C[C@@H]1CN(S(=O)(=O)CCNC(=O)[C@@H](C)SCc2ccccc2)C[C@@H](C)O1. The first-order valence-corrected chi connectivity index (χ1v) is 11.5. The average Bonchev–Trinajstić information content (AvgIpc) is 2.59. The number of carbonyl (C=O) groups excluding carboxylic acids is 1. The summed E-state index contributed by atoms with van der Waals surface area (Å²) in [6, 6.07) is 9.95. The molecule has 1 N–H and O–H groups in total. The molecular weight excluding hydrogens is 372 g/mol. The molecule has 0 unspecified atom stereocenters. The number of benzene rings is 1. The highest BCUT2D eigenvalue weighted by molar-refractivity contribution is 7.99. The molecule has 0 saturated carbocycles. The monoisotopic (exact) mass is 400 g/mol. The smallest absolute Gasteiger partial charge is 0.232 e. The molecule has 1 aliphatic heterocycles. The Kier molecular flexibility index (Phi) is 7.94. The second kappa shape index (κ2) is 9.73. The molecule has 1 fully saturated rings. The van der Waals surface area contributed by atoms with E-state index >= 15 is 0 Å². The van der Waals surface area contributed by atoms with Crippen LogP contribution in [0.25, 0.3) is 0 Å². The van der Waals surface area contributed by atoms with Gasteiger partial charge in [0.1, 0.15) is 0 Å². The van der Waals surface area contributed by atoms with E-state index in [0.29, 0.717) is 13.1 Å². The van der Waals surface area contributed by atoms with Crippen molar-refractivity contribution in [2.24, 2.45) is 0 Å². The molecule has 1 amide bonds. The predicted molar refractivity (Wildman–Crippen MR) is 106 cm³/mol. The Morgan fingerprint density at radius 1 is 1.27 bits per heavy atom. The van der Waals surface area contributed by atoms with Crippen LogP contribution >= 0.6 is 11.8 Å². The van der Waals surface area contributed by atoms with E-state index in [1.165, 1.54) is 16.1 Å². The zero-order valence-electron chi connectivity index (χ0n) is 15.6. The maximum Gasteiger partial charge on any atom is 0.232 e. The number of carbonyl (C=O) groups is 1. The number of hydrogen-bond acceptors (Lipinski definition) is 5. The van der Waals surface area contributed by atoms with Crippen molar-refractivity contribution in [1.29, 1.82) is 0 Å². The van der Waals surface area contributed by atoms with Gasteiger partial charge < -0.3 is 10.1 Å². The van der Waals surface area contributed by atoms with Crippen LogP contribution in [0.5, 0.6) is 0 Å². The van der Waals surface area contributed by atoms with Gasteiger partial charge in [-0.25, -0.2) is 8.42 Å². The van der Waals surface area contributed by atoms with Crippen LogP contribution in [0.1, 0.15) is 26.3 Å². The lowest BCUT2D eigenvalue weighted by Gasteiger charge is -2.34. The first-order valence-electron chi connectivity index (χ1n) is 8.84. The van der Waals surface area contributed by atoms with E-state index in [9.17, 15) is 13.2 Å². The largest absolute Gasteiger partial charge is 0.373 e. The molecule has 1 heterocycles. The van der Waals surface area contributed by atoms with Gasteiger partial charge in [-0.05, 0) is 26.3 Å². The summed E-state index contributed by atoms with van der Waals surface area (Å²) in [5.41, 5.74) is 1.16. The lowest BCUT2D eigenvalue weighted by molar-refractivity contribution is -0.120. The van der Waals surface area contributed by atoms with Crippen LogP contribution in [0.4, 0.5) is 0 Å². The van der Waals surface area contributed by atoms with Gasteiger partial charge >= 0.3 is 0 Å². The van der Waals surface area contributed by atoms with Crippen molar-refractivity contribution in [3.05, 3.63) is 35.9 Å². The topological polar surface area (TPSA) is 75.7 Å². The Morgan fingerprint density at radius 3 is 2.50 bits per heavy atom. The molecule has 3 atom stereocenters. The summed E-state index contributed by atoms with van der Waals surface area (Å²) in [6.07, 6.45) is -0.227. The molecule has 1 aromatic carbocycles. The Hall–Kier alpha value is -1.09. The van der Waals surface area contributed by atoms with Crippen LogP contribution in [0, 0.1) is 0 Å². The van der Waals surface area contributed by atoms with Crippen LogP contribution in [-0.2, 0) is 25.3 Å². The highest BCUT2D eigenvalue weighted by Gasteiger charge is 2.30. The molecule has 0 aliphatic carbocycles. The first-order chi connectivity index (χ1) is 12.3. The molecule has 2 rings (SSSR count). The Bertz CT molecular complexity index is 672. The summed E-state index contributed by atoms with van der Waals surface area (Å²) in [6.45, 7) is 6.42. The Balaban J connectivity index is 1.74. The first kappa shape index (κ1) is 21.2. The molecule has 6 nitrogen and oxygen atoms in total. The summed E-state index contributed by atoms with van der Waals surface area (Å²) in [5.74, 6) is 0.524. The quantitative estimate of drug-likeness (QED) is 0.721. The van der Waals surface area contributed by atoms with E-state index in [4.69, 9.17) is 4.74 Å². The minimum Gasteiger partial charge on any atom is -0.373 e. The average molecular weight is 401 g/mol. The normalized spacial score (nSPS) is 22.7. The molecule has 8 heteroatoms. The van der Waals surface area contributed by atoms with Gasteiger partial charge in [0.15, 0.2) is 0 Å². The summed E-state index contributed by atoms with van der Waals surface area (Å²) >= 11 is 1.54. The molecule has 0 aromatic heterocycles. The highest BCUT2D eigenvalue weighted by Crippen LogP contribution is 2.18. The minimum atomic E-state index is -3.39. The fourth-order valence-electron chi connectivity index (χ4n) is 2.81. The number of morpholine rings is 1. The van der Waals surface area contributed by atoms with Crippen LogP contribution in [0.15, 0.2) is 30.3 Å². The Labute approximate surface area is 160 Å². The summed E-state index contributed by atoms with van der Waals surface area (Å²) in [5, 5.41) is 2.50. The molecule has 26 heavy (non-hydrogen) atoms. The number of nitrogens with one attached hydrogen (secondary N) is 1. The molecule has 146 valence electrons. The fraction of sp³-hybridized carbons (Fsp3) is 0.611. The van der Waals surface area contributed by atoms with Crippen molar-refractivity contribution in [3.8, 4) is 0 Å². The Morgan fingerprint density at radius 2 is 1.88 bits per heavy atom. The van der Waals surface area contributed by atoms with Gasteiger partial charge in [0.05, 0.1) is 23.2 Å². The lowest BCUT2D eigenvalue weighted by atomic mass is 10.2. The van der Waals surface area contributed by atoms with Crippen molar-refractivity contribution in [1.82, 2.24) is 9.62 Å². The second-order valence-electron chi connectivity index (χ2n) is 6.62. The number of nitrogens with zero attached hydrogens (tertiary/aromatic N) is 1.